The summed E-state index contributed by atoms with van der Waals surface area (Å²) in [5, 5.41) is 2.81. The Hall–Kier alpha value is -0.280. The number of ether oxygens (including phenoxy) is 1. The smallest absolute Gasteiger partial charge is 0.225 e. The van der Waals surface area contributed by atoms with Crippen molar-refractivity contribution in [3.05, 3.63) is 0 Å². The van der Waals surface area contributed by atoms with Crippen LogP contribution in [0.1, 0.15) is 27.2 Å². The summed E-state index contributed by atoms with van der Waals surface area (Å²) in [6, 6.07) is 0. The second kappa shape index (κ2) is 6.25. The highest BCUT2D eigenvalue weighted by atomic mass is 35.5. The molecule has 0 spiro atoms. The number of amides is 1. The summed E-state index contributed by atoms with van der Waals surface area (Å²) in [7, 11) is 1.61. The van der Waals surface area contributed by atoms with Crippen LogP contribution in [0.25, 0.3) is 0 Å². The van der Waals surface area contributed by atoms with Crippen molar-refractivity contribution in [2.75, 3.05) is 20.3 Å². The van der Waals surface area contributed by atoms with Crippen molar-refractivity contribution < 1.29 is 9.53 Å². The van der Waals surface area contributed by atoms with Gasteiger partial charge < -0.3 is 10.1 Å². The quantitative estimate of drug-likeness (QED) is 0.719. The fourth-order valence-electron chi connectivity index (χ4n) is 0.872. The van der Waals surface area contributed by atoms with Crippen LogP contribution in [0, 0.1) is 5.41 Å². The molecule has 0 aliphatic heterocycles. The predicted octanol–water partition coefficient (Wildman–Crippen LogP) is 1.79. The van der Waals surface area contributed by atoms with E-state index in [0.717, 1.165) is 6.42 Å². The minimum atomic E-state index is -0.330. The highest BCUT2D eigenvalue weighted by Crippen LogP contribution is 2.12. The fourth-order valence-corrected chi connectivity index (χ4v) is 1.11. The van der Waals surface area contributed by atoms with E-state index in [9.17, 15) is 4.79 Å². The first-order chi connectivity index (χ1) is 6.38. The number of hydrogen-bond acceptors (Lipinski definition) is 2. The fraction of sp³-hybridized carbons (Fsp3) is 0.900. The normalized spacial score (nSPS) is 13.8. The molecule has 0 aromatic carbocycles. The maximum absolute atomic E-state index is 11.4. The van der Waals surface area contributed by atoms with Gasteiger partial charge in [0.2, 0.25) is 5.91 Å². The van der Waals surface area contributed by atoms with Crippen LogP contribution in [0.3, 0.4) is 0 Å². The van der Waals surface area contributed by atoms with Gasteiger partial charge in [-0.1, -0.05) is 20.8 Å². The summed E-state index contributed by atoms with van der Waals surface area (Å²) in [5.41, 5.74) is -0.330. The Kier molecular flexibility index (Phi) is 6.12. The van der Waals surface area contributed by atoms with E-state index >= 15 is 0 Å². The van der Waals surface area contributed by atoms with Crippen molar-refractivity contribution in [1.82, 2.24) is 5.32 Å². The van der Waals surface area contributed by atoms with Crippen LogP contribution < -0.4 is 5.32 Å². The zero-order valence-corrected chi connectivity index (χ0v) is 10.1. The summed E-state index contributed by atoms with van der Waals surface area (Å²) < 4.78 is 4.88. The van der Waals surface area contributed by atoms with Crippen molar-refractivity contribution in [1.29, 1.82) is 0 Å². The molecular weight excluding hydrogens is 202 g/mol. The molecule has 0 bridgehead atoms. The number of alkyl halides is 1. The van der Waals surface area contributed by atoms with Crippen LogP contribution in [0.15, 0.2) is 0 Å². The molecule has 0 heterocycles. The molecule has 0 aromatic rings. The Morgan fingerprint density at radius 3 is 2.50 bits per heavy atom. The van der Waals surface area contributed by atoms with Crippen LogP contribution in [0.5, 0.6) is 0 Å². The molecule has 0 radical (unpaired) electrons. The molecule has 0 aliphatic carbocycles. The van der Waals surface area contributed by atoms with Crippen molar-refractivity contribution in [2.24, 2.45) is 5.41 Å². The van der Waals surface area contributed by atoms with Gasteiger partial charge in [0.05, 0.1) is 12.0 Å². The predicted molar refractivity (Wildman–Crippen MR) is 58.6 cm³/mol. The molecule has 0 aliphatic rings. The molecule has 1 atom stereocenters. The van der Waals surface area contributed by atoms with Gasteiger partial charge in [0, 0.05) is 19.1 Å². The van der Waals surface area contributed by atoms with Gasteiger partial charge in [-0.3, -0.25) is 4.79 Å². The third-order valence-corrected chi connectivity index (χ3v) is 2.12. The minimum Gasteiger partial charge on any atom is -0.383 e. The van der Waals surface area contributed by atoms with Crippen LogP contribution in [-0.4, -0.2) is 31.5 Å². The molecule has 0 aromatic heterocycles. The lowest BCUT2D eigenvalue weighted by atomic mass is 9.96. The lowest BCUT2D eigenvalue weighted by molar-refractivity contribution is -0.128. The van der Waals surface area contributed by atoms with E-state index < -0.39 is 0 Å². The summed E-state index contributed by atoms with van der Waals surface area (Å²) in [6.45, 7) is 6.78. The van der Waals surface area contributed by atoms with Gasteiger partial charge in [0.25, 0.3) is 0 Å². The molecule has 3 nitrogen and oxygen atoms in total. The monoisotopic (exact) mass is 221 g/mol. The zero-order valence-electron chi connectivity index (χ0n) is 9.39. The van der Waals surface area contributed by atoms with Crippen LogP contribution in [-0.2, 0) is 9.53 Å². The van der Waals surface area contributed by atoms with E-state index in [1.54, 1.807) is 7.11 Å². The van der Waals surface area contributed by atoms with Crippen molar-refractivity contribution in [3.63, 3.8) is 0 Å². The van der Waals surface area contributed by atoms with Gasteiger partial charge in [-0.2, -0.15) is 0 Å². The summed E-state index contributed by atoms with van der Waals surface area (Å²) >= 11 is 5.90. The number of hydrogen-bond donors (Lipinski definition) is 1. The highest BCUT2D eigenvalue weighted by molar-refractivity contribution is 6.20. The lowest BCUT2D eigenvalue weighted by Gasteiger charge is -2.18. The molecule has 1 N–H and O–H groups in total. The molecule has 0 fully saturated rings. The Morgan fingerprint density at radius 1 is 1.50 bits per heavy atom. The largest absolute Gasteiger partial charge is 0.383 e. The molecule has 14 heavy (non-hydrogen) atoms. The molecule has 0 saturated carbocycles. The number of carbonyl (C=O) groups is 1. The second-order valence-corrected chi connectivity index (χ2v) is 4.96. The third-order valence-electron chi connectivity index (χ3n) is 1.77. The van der Waals surface area contributed by atoms with Gasteiger partial charge in [-0.25, -0.2) is 0 Å². The molecule has 0 rings (SSSR count). The van der Waals surface area contributed by atoms with E-state index in [1.807, 2.05) is 20.8 Å². The first kappa shape index (κ1) is 13.7. The van der Waals surface area contributed by atoms with E-state index in [2.05, 4.69) is 5.32 Å². The van der Waals surface area contributed by atoms with E-state index in [0.29, 0.717) is 13.2 Å². The van der Waals surface area contributed by atoms with Crippen LogP contribution >= 0.6 is 11.6 Å². The molecule has 84 valence electrons. The third kappa shape index (κ3) is 6.22. The lowest BCUT2D eigenvalue weighted by Crippen LogP contribution is -2.36. The van der Waals surface area contributed by atoms with E-state index in [4.69, 9.17) is 16.3 Å². The number of methoxy groups -OCH3 is 1. The molecule has 1 amide bonds. The van der Waals surface area contributed by atoms with Gasteiger partial charge in [0.15, 0.2) is 0 Å². The topological polar surface area (TPSA) is 38.3 Å². The minimum absolute atomic E-state index is 0.0275. The van der Waals surface area contributed by atoms with E-state index in [1.165, 1.54) is 0 Å². The number of carbonyl (C=O) groups excluding carboxylic acids is 1. The first-order valence-corrected chi connectivity index (χ1v) is 5.23. The number of halogens is 1. The standard InChI is InChI=1S/C10H20ClNO2/c1-10(2,3)9(13)12-6-5-8(11)7-14-4/h8H,5-7H2,1-4H3,(H,12,13). The molecule has 1 unspecified atom stereocenters. The maximum atomic E-state index is 11.4. The summed E-state index contributed by atoms with van der Waals surface area (Å²) in [4.78, 5) is 11.4. The number of rotatable bonds is 5. The van der Waals surface area contributed by atoms with Gasteiger partial charge >= 0.3 is 0 Å². The van der Waals surface area contributed by atoms with Gasteiger partial charge in [0.1, 0.15) is 0 Å². The number of nitrogens with one attached hydrogen (secondary N) is 1. The highest BCUT2D eigenvalue weighted by Gasteiger charge is 2.20. The van der Waals surface area contributed by atoms with Crippen molar-refractivity contribution in [2.45, 2.75) is 32.6 Å². The van der Waals surface area contributed by atoms with Gasteiger partial charge in [-0.05, 0) is 6.42 Å². The average Bonchev–Trinajstić information content (AvgIpc) is 2.02. The van der Waals surface area contributed by atoms with Crippen LogP contribution in [0.2, 0.25) is 0 Å². The van der Waals surface area contributed by atoms with E-state index in [-0.39, 0.29) is 16.7 Å². The van der Waals surface area contributed by atoms with Crippen molar-refractivity contribution >= 4 is 17.5 Å². The average molecular weight is 222 g/mol. The summed E-state index contributed by atoms with van der Waals surface area (Å²) in [5.74, 6) is 0.0544. The van der Waals surface area contributed by atoms with Gasteiger partial charge in [-0.15, -0.1) is 11.6 Å². The Balaban J connectivity index is 3.59. The molecule has 0 saturated heterocycles. The first-order valence-electron chi connectivity index (χ1n) is 4.79. The Bertz CT molecular complexity index is 177. The Labute approximate surface area is 91.2 Å². The Morgan fingerprint density at radius 2 is 2.07 bits per heavy atom. The molecular formula is C10H20ClNO2. The summed E-state index contributed by atoms with van der Waals surface area (Å²) in [6.07, 6.45) is 0.733. The zero-order chi connectivity index (χ0) is 11.2. The SMILES string of the molecule is COCC(Cl)CCNC(=O)C(C)(C)C. The van der Waals surface area contributed by atoms with Crippen LogP contribution in [0.4, 0.5) is 0 Å². The molecule has 4 heteroatoms. The van der Waals surface area contributed by atoms with Crippen molar-refractivity contribution in [3.8, 4) is 0 Å². The maximum Gasteiger partial charge on any atom is 0.225 e. The second-order valence-electron chi connectivity index (χ2n) is 4.35.